The number of hydrogen-bond donors (Lipinski definition) is 0. The van der Waals surface area contributed by atoms with Crippen LogP contribution in [0, 0.1) is 0 Å². The van der Waals surface area contributed by atoms with E-state index in [-0.39, 0.29) is 5.91 Å². The summed E-state index contributed by atoms with van der Waals surface area (Å²) in [6.07, 6.45) is 4.20. The maximum atomic E-state index is 12.5. The van der Waals surface area contributed by atoms with Crippen LogP contribution in [0.2, 0.25) is 0 Å². The largest absolute Gasteiger partial charge is 0.497 e. The topological polar surface area (TPSA) is 48.0 Å². The first kappa shape index (κ1) is 21.9. The highest BCUT2D eigenvalue weighted by atomic mass is 32.2. The number of methoxy groups -OCH3 is 1. The number of amides is 1. The average molecular weight is 442 g/mol. The Bertz CT molecular complexity index is 958. The predicted molar refractivity (Wildman–Crippen MR) is 125 cm³/mol. The van der Waals surface area contributed by atoms with E-state index in [1.165, 1.54) is 16.7 Å². The number of benzene rings is 2. The van der Waals surface area contributed by atoms with Crippen LogP contribution in [0.3, 0.4) is 0 Å². The maximum Gasteiger partial charge on any atom is 0.266 e. The molecule has 2 aromatic rings. The van der Waals surface area contributed by atoms with E-state index in [0.717, 1.165) is 17.1 Å². The highest BCUT2D eigenvalue weighted by Gasteiger charge is 2.31. The van der Waals surface area contributed by atoms with Crippen LogP contribution in [0.1, 0.15) is 12.0 Å². The van der Waals surface area contributed by atoms with E-state index >= 15 is 0 Å². The predicted octanol–water partition coefficient (Wildman–Crippen LogP) is 4.93. The number of hydrogen-bond acceptors (Lipinski definition) is 6. The van der Waals surface area contributed by atoms with Gasteiger partial charge in [-0.1, -0.05) is 54.3 Å². The maximum absolute atomic E-state index is 12.5. The Morgan fingerprint density at radius 3 is 2.67 bits per heavy atom. The molecule has 0 aliphatic carbocycles. The third kappa shape index (κ3) is 5.64. The van der Waals surface area contributed by atoms with Gasteiger partial charge in [0, 0.05) is 24.6 Å². The number of rotatable bonds is 10. The lowest BCUT2D eigenvalue weighted by Gasteiger charge is -2.11. The summed E-state index contributed by atoms with van der Waals surface area (Å²) in [6, 6.07) is 15.1. The molecule has 0 radical (unpaired) electrons. The Kier molecular flexibility index (Phi) is 7.93. The van der Waals surface area contributed by atoms with Gasteiger partial charge in [0.1, 0.15) is 21.6 Å². The highest BCUT2D eigenvalue weighted by molar-refractivity contribution is 8.26. The van der Waals surface area contributed by atoms with E-state index in [4.69, 9.17) is 26.4 Å². The molecule has 1 saturated heterocycles. The second-order valence-corrected chi connectivity index (χ2v) is 8.02. The minimum absolute atomic E-state index is 0.105. The SMILES string of the molecule is C=CCN1C(=O)C(=Cc2ccccc2OCCCOc2cccc(OC)c2)SC1=S. The van der Waals surface area contributed by atoms with Crippen molar-refractivity contribution in [3.63, 3.8) is 0 Å². The second kappa shape index (κ2) is 10.8. The molecule has 1 aliphatic heterocycles. The third-order valence-electron chi connectivity index (χ3n) is 4.25. The lowest BCUT2D eigenvalue weighted by molar-refractivity contribution is -0.121. The van der Waals surface area contributed by atoms with E-state index in [1.54, 1.807) is 13.2 Å². The fourth-order valence-corrected chi connectivity index (χ4v) is 4.05. The fourth-order valence-electron chi connectivity index (χ4n) is 2.78. The summed E-state index contributed by atoms with van der Waals surface area (Å²) < 4.78 is 17.4. The molecule has 2 aromatic carbocycles. The number of ether oxygens (including phenoxy) is 3. The van der Waals surface area contributed by atoms with Gasteiger partial charge in [0.15, 0.2) is 0 Å². The highest BCUT2D eigenvalue weighted by Crippen LogP contribution is 2.34. The molecular weight excluding hydrogens is 418 g/mol. The molecule has 0 saturated carbocycles. The van der Waals surface area contributed by atoms with E-state index in [2.05, 4.69) is 6.58 Å². The van der Waals surface area contributed by atoms with Crippen LogP contribution < -0.4 is 14.2 Å². The van der Waals surface area contributed by atoms with Crippen LogP contribution in [0.4, 0.5) is 0 Å². The zero-order valence-corrected chi connectivity index (χ0v) is 18.3. The van der Waals surface area contributed by atoms with Gasteiger partial charge in [-0.15, -0.1) is 6.58 Å². The molecule has 7 heteroatoms. The van der Waals surface area contributed by atoms with Crippen molar-refractivity contribution in [1.82, 2.24) is 4.90 Å². The van der Waals surface area contributed by atoms with Crippen molar-refractivity contribution < 1.29 is 19.0 Å². The Balaban J connectivity index is 1.56. The van der Waals surface area contributed by atoms with Gasteiger partial charge < -0.3 is 14.2 Å². The molecule has 30 heavy (non-hydrogen) atoms. The van der Waals surface area contributed by atoms with Gasteiger partial charge in [-0.2, -0.15) is 0 Å². The molecule has 0 bridgehead atoms. The Morgan fingerprint density at radius 2 is 1.87 bits per heavy atom. The zero-order valence-electron chi connectivity index (χ0n) is 16.7. The molecule has 1 aliphatic rings. The standard InChI is InChI=1S/C23H23NO4S2/c1-3-12-24-22(25)21(30-23(24)29)15-17-8-4-5-11-20(17)28-14-7-13-27-19-10-6-9-18(16-19)26-2/h3-6,8-11,15-16H,1,7,12-14H2,2H3. The first-order valence-corrected chi connectivity index (χ1v) is 10.7. The monoisotopic (exact) mass is 441 g/mol. The fraction of sp³-hybridized carbons (Fsp3) is 0.217. The van der Waals surface area contributed by atoms with Gasteiger partial charge in [0.2, 0.25) is 0 Å². The summed E-state index contributed by atoms with van der Waals surface area (Å²) in [6.45, 7) is 5.10. The second-order valence-electron chi connectivity index (χ2n) is 6.35. The van der Waals surface area contributed by atoms with E-state index in [0.29, 0.717) is 41.2 Å². The van der Waals surface area contributed by atoms with Gasteiger partial charge in [-0.3, -0.25) is 9.69 Å². The third-order valence-corrected chi connectivity index (χ3v) is 5.62. The summed E-state index contributed by atoms with van der Waals surface area (Å²) >= 11 is 6.58. The van der Waals surface area contributed by atoms with Crippen molar-refractivity contribution in [2.45, 2.75) is 6.42 Å². The van der Waals surface area contributed by atoms with E-state index < -0.39 is 0 Å². The Morgan fingerprint density at radius 1 is 1.10 bits per heavy atom. The molecule has 1 amide bonds. The van der Waals surface area contributed by atoms with Crippen LogP contribution in [0.15, 0.2) is 66.1 Å². The summed E-state index contributed by atoms with van der Waals surface area (Å²) in [4.78, 5) is 14.7. The summed E-state index contributed by atoms with van der Waals surface area (Å²) in [5.74, 6) is 2.13. The van der Waals surface area contributed by atoms with Gasteiger partial charge in [-0.25, -0.2) is 0 Å². The lowest BCUT2D eigenvalue weighted by atomic mass is 10.2. The van der Waals surface area contributed by atoms with Crippen molar-refractivity contribution >= 4 is 40.3 Å². The molecular formula is C23H23NO4S2. The molecule has 0 aromatic heterocycles. The zero-order chi connectivity index (χ0) is 21.3. The minimum Gasteiger partial charge on any atom is -0.497 e. The van der Waals surface area contributed by atoms with Crippen molar-refractivity contribution in [1.29, 1.82) is 0 Å². The number of carbonyl (C=O) groups is 1. The average Bonchev–Trinajstić information content (AvgIpc) is 3.02. The Hall–Kier alpha value is -2.77. The molecule has 0 N–H and O–H groups in total. The number of para-hydroxylation sites is 1. The van der Waals surface area contributed by atoms with Gasteiger partial charge >= 0.3 is 0 Å². The summed E-state index contributed by atoms with van der Waals surface area (Å²) in [7, 11) is 1.63. The molecule has 0 atom stereocenters. The van der Waals surface area contributed by atoms with Gasteiger partial charge in [0.25, 0.3) is 5.91 Å². The van der Waals surface area contributed by atoms with Crippen molar-refractivity contribution in [3.8, 4) is 17.2 Å². The number of carbonyl (C=O) groups excluding carboxylic acids is 1. The van der Waals surface area contributed by atoms with Gasteiger partial charge in [0.05, 0.1) is 25.2 Å². The van der Waals surface area contributed by atoms with Crippen LogP contribution in [-0.4, -0.2) is 42.0 Å². The van der Waals surface area contributed by atoms with Crippen LogP contribution >= 0.6 is 24.0 Å². The molecule has 3 rings (SSSR count). The van der Waals surface area contributed by atoms with Crippen molar-refractivity contribution in [3.05, 3.63) is 71.7 Å². The van der Waals surface area contributed by atoms with Gasteiger partial charge in [-0.05, 0) is 24.3 Å². The lowest BCUT2D eigenvalue weighted by Crippen LogP contribution is -2.27. The number of nitrogens with zero attached hydrogens (tertiary/aromatic N) is 1. The van der Waals surface area contributed by atoms with E-state index in [9.17, 15) is 4.79 Å². The molecule has 1 fully saturated rings. The number of thiocarbonyl (C=S) groups is 1. The molecule has 156 valence electrons. The summed E-state index contributed by atoms with van der Waals surface area (Å²) in [5.41, 5.74) is 0.838. The minimum atomic E-state index is -0.105. The summed E-state index contributed by atoms with van der Waals surface area (Å²) in [5, 5.41) is 0. The van der Waals surface area contributed by atoms with Crippen LogP contribution in [-0.2, 0) is 4.79 Å². The van der Waals surface area contributed by atoms with Crippen molar-refractivity contribution in [2.75, 3.05) is 26.9 Å². The smallest absolute Gasteiger partial charge is 0.266 e. The van der Waals surface area contributed by atoms with Crippen LogP contribution in [0.25, 0.3) is 6.08 Å². The number of thioether (sulfide) groups is 1. The Labute approximate surface area is 186 Å². The molecule has 1 heterocycles. The molecule has 5 nitrogen and oxygen atoms in total. The molecule has 0 unspecified atom stereocenters. The first-order valence-electron chi connectivity index (χ1n) is 9.47. The van der Waals surface area contributed by atoms with Crippen LogP contribution in [0.5, 0.6) is 17.2 Å². The van der Waals surface area contributed by atoms with Crippen molar-refractivity contribution in [2.24, 2.45) is 0 Å². The quantitative estimate of drug-likeness (QED) is 0.226. The first-order chi connectivity index (χ1) is 14.6. The van der Waals surface area contributed by atoms with E-state index in [1.807, 2.05) is 54.6 Å². The normalized spacial score (nSPS) is 14.8. The molecule has 0 spiro atoms.